The molecule has 108 valence electrons. The number of thiazole rings is 1. The highest BCUT2D eigenvalue weighted by molar-refractivity contribution is 7.16. The van der Waals surface area contributed by atoms with Crippen LogP contribution in [0.1, 0.15) is 19.8 Å². The number of benzene rings is 1. The summed E-state index contributed by atoms with van der Waals surface area (Å²) in [6, 6.07) is 4.85. The van der Waals surface area contributed by atoms with E-state index in [1.165, 1.54) is 11.1 Å². The van der Waals surface area contributed by atoms with Crippen molar-refractivity contribution < 1.29 is 0 Å². The van der Waals surface area contributed by atoms with Crippen molar-refractivity contribution in [2.75, 3.05) is 37.3 Å². The number of hydrogen-bond acceptors (Lipinski definition) is 5. The molecule has 1 saturated heterocycles. The van der Waals surface area contributed by atoms with Crippen molar-refractivity contribution >= 4 is 32.9 Å². The first-order valence-electron chi connectivity index (χ1n) is 7.27. The molecule has 0 radical (unpaired) electrons. The molecule has 3 rings (SSSR count). The number of nitrogen functional groups attached to an aromatic ring is 1. The predicted octanol–water partition coefficient (Wildman–Crippen LogP) is 2.80. The fourth-order valence-electron chi connectivity index (χ4n) is 3.10. The minimum atomic E-state index is 0.529. The minimum absolute atomic E-state index is 0.529. The summed E-state index contributed by atoms with van der Waals surface area (Å²) in [4.78, 5) is 9.33. The second kappa shape index (κ2) is 5.58. The Hall–Kier alpha value is -1.33. The molecule has 2 aromatic rings. The molecule has 5 heteroatoms. The third-order valence-electron chi connectivity index (χ3n) is 4.20. The molecule has 1 aliphatic heterocycles. The van der Waals surface area contributed by atoms with Crippen molar-refractivity contribution in [1.82, 2.24) is 9.88 Å². The third-order valence-corrected chi connectivity index (χ3v) is 5.00. The van der Waals surface area contributed by atoms with Gasteiger partial charge in [0.25, 0.3) is 0 Å². The van der Waals surface area contributed by atoms with E-state index in [0.29, 0.717) is 6.04 Å². The Balaban J connectivity index is 2.01. The number of nitrogens with two attached hydrogens (primary N) is 1. The lowest BCUT2D eigenvalue weighted by atomic mass is 10.1. The molecule has 1 aromatic carbocycles. The minimum Gasteiger partial charge on any atom is -0.395 e. The van der Waals surface area contributed by atoms with Crippen LogP contribution in [0.5, 0.6) is 0 Å². The van der Waals surface area contributed by atoms with E-state index in [4.69, 9.17) is 5.73 Å². The predicted molar refractivity (Wildman–Crippen MR) is 87.6 cm³/mol. The van der Waals surface area contributed by atoms with Gasteiger partial charge in [0, 0.05) is 19.1 Å². The van der Waals surface area contributed by atoms with Gasteiger partial charge in [-0.15, -0.1) is 11.3 Å². The summed E-state index contributed by atoms with van der Waals surface area (Å²) < 4.78 is 1.17. The zero-order chi connectivity index (χ0) is 14.1. The Morgan fingerprint density at radius 1 is 1.40 bits per heavy atom. The molecule has 0 bridgehead atoms. The van der Waals surface area contributed by atoms with Crippen LogP contribution in [-0.2, 0) is 0 Å². The molecule has 0 spiro atoms. The Labute approximate surface area is 124 Å². The Bertz CT molecular complexity index is 595. The maximum atomic E-state index is 6.39. The van der Waals surface area contributed by atoms with Crippen molar-refractivity contribution in [3.05, 3.63) is 17.6 Å². The summed E-state index contributed by atoms with van der Waals surface area (Å²) in [6.45, 7) is 5.59. The lowest BCUT2D eigenvalue weighted by molar-refractivity contribution is 0.328. The number of aromatic nitrogens is 1. The van der Waals surface area contributed by atoms with Crippen LogP contribution in [0.4, 0.5) is 11.4 Å². The molecular weight excluding hydrogens is 268 g/mol. The summed E-state index contributed by atoms with van der Waals surface area (Å²) >= 11 is 1.65. The fraction of sp³-hybridized carbons (Fsp3) is 0.533. The van der Waals surface area contributed by atoms with Gasteiger partial charge >= 0.3 is 0 Å². The fourth-order valence-corrected chi connectivity index (χ4v) is 3.79. The first-order valence-corrected chi connectivity index (χ1v) is 8.15. The second-order valence-electron chi connectivity index (χ2n) is 5.57. The van der Waals surface area contributed by atoms with Crippen LogP contribution in [0.25, 0.3) is 10.2 Å². The van der Waals surface area contributed by atoms with Gasteiger partial charge in [-0.3, -0.25) is 0 Å². The Morgan fingerprint density at radius 3 is 3.05 bits per heavy atom. The number of hydrogen-bond donors (Lipinski definition) is 1. The molecule has 1 fully saturated rings. The molecule has 1 aromatic heterocycles. The van der Waals surface area contributed by atoms with Crippen LogP contribution in [0.2, 0.25) is 0 Å². The van der Waals surface area contributed by atoms with Gasteiger partial charge in [-0.05, 0) is 38.6 Å². The molecule has 0 aliphatic carbocycles. The number of fused-ring (bicyclic) bond motifs is 1. The van der Waals surface area contributed by atoms with Crippen molar-refractivity contribution in [3.8, 4) is 0 Å². The Kier molecular flexibility index (Phi) is 3.81. The van der Waals surface area contributed by atoms with Crippen LogP contribution in [0, 0.1) is 0 Å². The molecule has 0 saturated carbocycles. The highest BCUT2D eigenvalue weighted by atomic mass is 32.1. The zero-order valence-corrected chi connectivity index (χ0v) is 13.0. The monoisotopic (exact) mass is 290 g/mol. The summed E-state index contributed by atoms with van der Waals surface area (Å²) in [5, 5.41) is 0. The van der Waals surface area contributed by atoms with Gasteiger partial charge in [-0.1, -0.05) is 6.92 Å². The van der Waals surface area contributed by atoms with Gasteiger partial charge in [0.05, 0.1) is 21.6 Å². The molecule has 1 atom stereocenters. The van der Waals surface area contributed by atoms with Gasteiger partial charge in [0.1, 0.15) is 5.52 Å². The van der Waals surface area contributed by atoms with E-state index in [-0.39, 0.29) is 0 Å². The smallest absolute Gasteiger partial charge is 0.106 e. The highest BCUT2D eigenvalue weighted by Crippen LogP contribution is 2.34. The normalized spacial score (nSPS) is 21.3. The molecule has 0 amide bonds. The van der Waals surface area contributed by atoms with E-state index in [2.05, 4.69) is 40.9 Å². The molecule has 4 nitrogen and oxygen atoms in total. The first-order chi connectivity index (χ1) is 9.70. The molecular formula is C15H22N4S. The maximum Gasteiger partial charge on any atom is 0.106 e. The van der Waals surface area contributed by atoms with Gasteiger partial charge in [0.15, 0.2) is 0 Å². The largest absolute Gasteiger partial charge is 0.395 e. The lowest BCUT2D eigenvalue weighted by Crippen LogP contribution is -2.40. The number of nitrogens with zero attached hydrogens (tertiary/aromatic N) is 3. The van der Waals surface area contributed by atoms with E-state index >= 15 is 0 Å². The van der Waals surface area contributed by atoms with E-state index in [1.807, 2.05) is 5.51 Å². The van der Waals surface area contributed by atoms with Gasteiger partial charge in [-0.2, -0.15) is 0 Å². The molecule has 20 heavy (non-hydrogen) atoms. The average Bonchev–Trinajstić information content (AvgIpc) is 2.84. The van der Waals surface area contributed by atoms with Crippen LogP contribution >= 0.6 is 11.3 Å². The Morgan fingerprint density at radius 2 is 2.25 bits per heavy atom. The van der Waals surface area contributed by atoms with Gasteiger partial charge in [-0.25, -0.2) is 4.98 Å². The average molecular weight is 290 g/mol. The number of rotatable bonds is 2. The number of anilines is 2. The molecule has 1 unspecified atom stereocenters. The first kappa shape index (κ1) is 13.6. The van der Waals surface area contributed by atoms with Crippen LogP contribution < -0.4 is 10.6 Å². The highest BCUT2D eigenvalue weighted by Gasteiger charge is 2.24. The van der Waals surface area contributed by atoms with E-state index in [9.17, 15) is 0 Å². The lowest BCUT2D eigenvalue weighted by Gasteiger charge is -2.33. The van der Waals surface area contributed by atoms with Gasteiger partial charge < -0.3 is 15.5 Å². The third kappa shape index (κ3) is 2.36. The number of likely N-dealkylation sites (N-methyl/N-ethyl adjacent to an activating group) is 1. The van der Waals surface area contributed by atoms with Crippen molar-refractivity contribution in [1.29, 1.82) is 0 Å². The van der Waals surface area contributed by atoms with E-state index < -0.39 is 0 Å². The second-order valence-corrected chi connectivity index (χ2v) is 6.46. The van der Waals surface area contributed by atoms with Crippen molar-refractivity contribution in [2.45, 2.75) is 25.8 Å². The van der Waals surface area contributed by atoms with Crippen LogP contribution in [0.3, 0.4) is 0 Å². The summed E-state index contributed by atoms with van der Waals surface area (Å²) in [5.74, 6) is 0. The van der Waals surface area contributed by atoms with Crippen molar-refractivity contribution in [2.24, 2.45) is 0 Å². The molecule has 1 aliphatic rings. The van der Waals surface area contributed by atoms with Crippen LogP contribution in [-0.4, -0.2) is 42.6 Å². The summed E-state index contributed by atoms with van der Waals surface area (Å²) in [7, 11) is 2.21. The van der Waals surface area contributed by atoms with Crippen molar-refractivity contribution in [3.63, 3.8) is 0 Å². The standard InChI is InChI=1S/C15H22N4S/c1-3-11-9-18(2)7-4-8-19(11)12-5-6-13-15(14(12)16)17-10-20-13/h5-6,10-11H,3-4,7-9,16H2,1-2H3. The quantitative estimate of drug-likeness (QED) is 0.864. The molecule has 2 heterocycles. The van der Waals surface area contributed by atoms with E-state index in [0.717, 1.165) is 42.9 Å². The topological polar surface area (TPSA) is 45.4 Å². The summed E-state index contributed by atoms with van der Waals surface area (Å²) in [6.07, 6.45) is 2.32. The van der Waals surface area contributed by atoms with E-state index in [1.54, 1.807) is 11.3 Å². The van der Waals surface area contributed by atoms with Gasteiger partial charge in [0.2, 0.25) is 0 Å². The zero-order valence-electron chi connectivity index (χ0n) is 12.2. The molecule has 2 N–H and O–H groups in total. The summed E-state index contributed by atoms with van der Waals surface area (Å²) in [5.41, 5.74) is 11.2. The van der Waals surface area contributed by atoms with Crippen LogP contribution in [0.15, 0.2) is 17.6 Å². The maximum absolute atomic E-state index is 6.39. The SMILES string of the molecule is CCC1CN(C)CCCN1c1ccc2scnc2c1N.